The van der Waals surface area contributed by atoms with Gasteiger partial charge in [0.05, 0.1) is 11.5 Å². The second kappa shape index (κ2) is 2.24. The van der Waals surface area contributed by atoms with E-state index in [1.54, 1.807) is 0 Å². The first-order chi connectivity index (χ1) is 5.20. The van der Waals surface area contributed by atoms with Crippen LogP contribution < -0.4 is 4.74 Å². The van der Waals surface area contributed by atoms with Gasteiger partial charge in [-0.2, -0.15) is 0 Å². The van der Waals surface area contributed by atoms with E-state index in [4.69, 9.17) is 4.74 Å². The van der Waals surface area contributed by atoms with Crippen molar-refractivity contribution in [2.45, 2.75) is 25.7 Å². The van der Waals surface area contributed by atoms with Crippen molar-refractivity contribution in [1.29, 1.82) is 0 Å². The Balaban J connectivity index is 2.48. The first-order valence-corrected chi connectivity index (χ1v) is 4.79. The minimum absolute atomic E-state index is 0.335. The van der Waals surface area contributed by atoms with Crippen molar-refractivity contribution in [3.63, 3.8) is 0 Å². The molecule has 0 bridgehead atoms. The van der Waals surface area contributed by atoms with Crippen molar-refractivity contribution in [2.75, 3.05) is 6.61 Å². The number of fused-ring (bicyclic) bond motifs is 1. The highest BCUT2D eigenvalue weighted by Gasteiger charge is 2.29. The van der Waals surface area contributed by atoms with E-state index < -0.39 is 0 Å². The fourth-order valence-electron chi connectivity index (χ4n) is 1.43. The normalized spacial score (nSPS) is 20.5. The maximum Gasteiger partial charge on any atom is 0.133 e. The van der Waals surface area contributed by atoms with E-state index in [1.807, 2.05) is 11.3 Å². The molecule has 0 spiro atoms. The Morgan fingerprint density at radius 3 is 3.09 bits per heavy atom. The molecule has 0 radical (unpaired) electrons. The van der Waals surface area contributed by atoms with Crippen LogP contribution in [0.15, 0.2) is 11.4 Å². The maximum atomic E-state index is 5.51. The molecule has 1 aliphatic heterocycles. The van der Waals surface area contributed by atoms with Gasteiger partial charge < -0.3 is 4.74 Å². The minimum Gasteiger partial charge on any atom is -0.492 e. The molecule has 0 amide bonds. The highest BCUT2D eigenvalue weighted by Crippen LogP contribution is 2.41. The molecule has 0 fully saturated rings. The van der Waals surface area contributed by atoms with Crippen LogP contribution >= 0.6 is 11.3 Å². The molecule has 1 aromatic heterocycles. The molecule has 1 aromatic rings. The molecular weight excluding hydrogens is 156 g/mol. The number of hydrogen-bond acceptors (Lipinski definition) is 2. The Labute approximate surface area is 71.0 Å². The molecule has 0 aromatic carbocycles. The summed E-state index contributed by atoms with van der Waals surface area (Å²) < 4.78 is 5.51. The van der Waals surface area contributed by atoms with Gasteiger partial charge in [0.2, 0.25) is 0 Å². The fourth-order valence-corrected chi connectivity index (χ4v) is 2.43. The molecular formula is C9H12OS. The van der Waals surface area contributed by atoms with Crippen molar-refractivity contribution < 1.29 is 4.74 Å². The zero-order chi connectivity index (χ0) is 7.90. The van der Waals surface area contributed by atoms with Crippen molar-refractivity contribution in [2.24, 2.45) is 0 Å². The van der Waals surface area contributed by atoms with Crippen molar-refractivity contribution in [1.82, 2.24) is 0 Å². The Morgan fingerprint density at radius 2 is 2.36 bits per heavy atom. The lowest BCUT2D eigenvalue weighted by Crippen LogP contribution is -2.24. The summed E-state index contributed by atoms with van der Waals surface area (Å²) in [5.41, 5.74) is 0.335. The van der Waals surface area contributed by atoms with Crippen LogP contribution in [-0.4, -0.2) is 6.61 Å². The van der Waals surface area contributed by atoms with Gasteiger partial charge in [0.25, 0.3) is 0 Å². The van der Waals surface area contributed by atoms with E-state index in [0.717, 1.165) is 18.8 Å². The predicted octanol–water partition coefficient (Wildman–Crippen LogP) is 2.81. The third-order valence-electron chi connectivity index (χ3n) is 2.23. The standard InChI is InChI=1S/C9H12OS/c1-9(2)4-5-10-7-3-6-11-8(7)9/h3,6H,4-5H2,1-2H3. The van der Waals surface area contributed by atoms with Crippen LogP contribution in [0.5, 0.6) is 5.75 Å². The monoisotopic (exact) mass is 168 g/mol. The van der Waals surface area contributed by atoms with E-state index >= 15 is 0 Å². The smallest absolute Gasteiger partial charge is 0.133 e. The zero-order valence-electron chi connectivity index (χ0n) is 6.89. The highest BCUT2D eigenvalue weighted by atomic mass is 32.1. The summed E-state index contributed by atoms with van der Waals surface area (Å²) in [6.45, 7) is 5.44. The van der Waals surface area contributed by atoms with Gasteiger partial charge in [-0.1, -0.05) is 13.8 Å². The third-order valence-corrected chi connectivity index (χ3v) is 3.49. The van der Waals surface area contributed by atoms with Crippen LogP contribution in [0.25, 0.3) is 0 Å². The van der Waals surface area contributed by atoms with Gasteiger partial charge in [0.1, 0.15) is 5.75 Å². The summed E-state index contributed by atoms with van der Waals surface area (Å²) in [6, 6.07) is 2.07. The lowest BCUT2D eigenvalue weighted by molar-refractivity contribution is 0.239. The van der Waals surface area contributed by atoms with E-state index in [0.29, 0.717) is 5.41 Å². The number of rotatable bonds is 0. The average Bonchev–Trinajstić information content (AvgIpc) is 2.34. The van der Waals surface area contributed by atoms with Crippen molar-refractivity contribution in [3.05, 3.63) is 16.3 Å². The lowest BCUT2D eigenvalue weighted by atomic mass is 9.86. The van der Waals surface area contributed by atoms with Crippen LogP contribution in [0.3, 0.4) is 0 Å². The van der Waals surface area contributed by atoms with Crippen LogP contribution in [0.2, 0.25) is 0 Å². The van der Waals surface area contributed by atoms with E-state index in [-0.39, 0.29) is 0 Å². The quantitative estimate of drug-likeness (QED) is 0.579. The van der Waals surface area contributed by atoms with Gasteiger partial charge >= 0.3 is 0 Å². The fraction of sp³-hybridized carbons (Fsp3) is 0.556. The first-order valence-electron chi connectivity index (χ1n) is 3.91. The van der Waals surface area contributed by atoms with Crippen LogP contribution in [0.1, 0.15) is 25.1 Å². The second-order valence-corrected chi connectivity index (χ2v) is 4.51. The summed E-state index contributed by atoms with van der Waals surface area (Å²) in [5, 5.41) is 2.11. The topological polar surface area (TPSA) is 9.23 Å². The van der Waals surface area contributed by atoms with Gasteiger partial charge in [-0.3, -0.25) is 0 Å². The molecule has 0 saturated carbocycles. The first kappa shape index (κ1) is 7.17. The zero-order valence-corrected chi connectivity index (χ0v) is 7.70. The number of ether oxygens (including phenoxy) is 1. The van der Waals surface area contributed by atoms with Crippen LogP contribution in [0.4, 0.5) is 0 Å². The van der Waals surface area contributed by atoms with Crippen molar-refractivity contribution in [3.8, 4) is 5.75 Å². The maximum absolute atomic E-state index is 5.51. The van der Waals surface area contributed by atoms with E-state index in [1.165, 1.54) is 4.88 Å². The summed E-state index contributed by atoms with van der Waals surface area (Å²) >= 11 is 1.81. The highest BCUT2D eigenvalue weighted by molar-refractivity contribution is 7.10. The van der Waals surface area contributed by atoms with Gasteiger partial charge in [0.15, 0.2) is 0 Å². The number of thiophene rings is 1. The Morgan fingerprint density at radius 1 is 1.55 bits per heavy atom. The number of hydrogen-bond donors (Lipinski definition) is 0. The molecule has 2 rings (SSSR count). The van der Waals surface area contributed by atoms with Gasteiger partial charge in [-0.15, -0.1) is 11.3 Å². The van der Waals surface area contributed by atoms with Gasteiger partial charge in [-0.05, 0) is 17.9 Å². The van der Waals surface area contributed by atoms with Gasteiger partial charge in [-0.25, -0.2) is 0 Å². The average molecular weight is 168 g/mol. The van der Waals surface area contributed by atoms with Crippen LogP contribution in [0, 0.1) is 0 Å². The molecule has 60 valence electrons. The second-order valence-electron chi connectivity index (χ2n) is 3.60. The third kappa shape index (κ3) is 1.06. The Hall–Kier alpha value is -0.500. The molecule has 2 heterocycles. The molecule has 0 aliphatic carbocycles. The summed E-state index contributed by atoms with van der Waals surface area (Å²) in [7, 11) is 0. The molecule has 1 nitrogen and oxygen atoms in total. The van der Waals surface area contributed by atoms with E-state index in [2.05, 4.69) is 25.3 Å². The molecule has 0 N–H and O–H groups in total. The summed E-state index contributed by atoms with van der Waals surface area (Å²) in [6.07, 6.45) is 1.14. The van der Waals surface area contributed by atoms with Crippen molar-refractivity contribution >= 4 is 11.3 Å². The molecule has 0 unspecified atom stereocenters. The Bertz CT molecular complexity index is 262. The molecule has 2 heteroatoms. The largest absolute Gasteiger partial charge is 0.492 e. The molecule has 11 heavy (non-hydrogen) atoms. The van der Waals surface area contributed by atoms with E-state index in [9.17, 15) is 0 Å². The molecule has 0 saturated heterocycles. The Kier molecular flexibility index (Phi) is 1.46. The minimum atomic E-state index is 0.335. The molecule has 1 aliphatic rings. The summed E-state index contributed by atoms with van der Waals surface area (Å²) in [4.78, 5) is 1.41. The van der Waals surface area contributed by atoms with Crippen LogP contribution in [-0.2, 0) is 5.41 Å². The SMILES string of the molecule is CC1(C)CCOc2ccsc21. The predicted molar refractivity (Wildman–Crippen MR) is 47.5 cm³/mol. The summed E-state index contributed by atoms with van der Waals surface area (Å²) in [5.74, 6) is 1.10. The molecule has 0 atom stereocenters. The van der Waals surface area contributed by atoms with Gasteiger partial charge in [0, 0.05) is 5.41 Å². The lowest BCUT2D eigenvalue weighted by Gasteiger charge is -2.29.